The Labute approximate surface area is 283 Å². The number of amides is 2. The van der Waals surface area contributed by atoms with Crippen molar-refractivity contribution < 1.29 is 38.1 Å². The predicted octanol–water partition coefficient (Wildman–Crippen LogP) is 4.65. The monoisotopic (exact) mass is 699 g/mol. The fourth-order valence-corrected chi connectivity index (χ4v) is 6.34. The van der Waals surface area contributed by atoms with E-state index in [4.69, 9.17) is 0 Å². The van der Waals surface area contributed by atoms with E-state index in [2.05, 4.69) is 20.6 Å². The lowest BCUT2D eigenvalue weighted by atomic mass is 9.75. The second kappa shape index (κ2) is 18.1. The highest BCUT2D eigenvalue weighted by atomic mass is 32.2. The first kappa shape index (κ1) is 37.9. The fourth-order valence-electron chi connectivity index (χ4n) is 4.15. The normalized spacial score (nSPS) is 11.9. The van der Waals surface area contributed by atoms with Gasteiger partial charge in [-0.1, -0.05) is 55.9 Å². The van der Waals surface area contributed by atoms with Crippen LogP contribution in [-0.4, -0.2) is 61.6 Å². The highest BCUT2D eigenvalue weighted by Gasteiger charge is 2.30. The van der Waals surface area contributed by atoms with Crippen LogP contribution in [0.4, 0.5) is 14.5 Å². The maximum absolute atomic E-state index is 13.5. The molecule has 2 aromatic heterocycles. The van der Waals surface area contributed by atoms with Crippen molar-refractivity contribution in [3.63, 3.8) is 0 Å². The fraction of sp³-hybridized carbons (Fsp3) is 0.258. The van der Waals surface area contributed by atoms with Gasteiger partial charge in [-0.15, -0.1) is 11.3 Å². The van der Waals surface area contributed by atoms with Crippen LogP contribution in [0, 0.1) is 27.7 Å². The maximum Gasteiger partial charge on any atom is 0.475 e. The van der Waals surface area contributed by atoms with E-state index in [0.717, 1.165) is 40.8 Å². The van der Waals surface area contributed by atoms with Gasteiger partial charge in [0.25, 0.3) is 11.6 Å². The topological polar surface area (TPSA) is 185 Å². The standard InChI is InChI=1S/C19H25BN4O4.C12H7F2NO3S2/c1-13(2)10-17(20(27)28)24-18(25)15(11-14-6-4-3-5-7-14)23-19(26)16-12-21-8-9-22-16;1-6(16)11-5-9(15(17)18)12(20-11)19-10-3-2-7(13)4-8(10)14/h3-9,12-13,15,17,27-28H,10-11H2,1-2H3,(H,23,26)(H,24,25);2-5H,1H3/t15-,17-;/m0./s1. The van der Waals surface area contributed by atoms with Gasteiger partial charge in [-0.25, -0.2) is 13.8 Å². The molecule has 2 aromatic carbocycles. The van der Waals surface area contributed by atoms with Crippen LogP contribution < -0.4 is 10.6 Å². The zero-order valence-corrected chi connectivity index (χ0v) is 27.6. The van der Waals surface area contributed by atoms with Gasteiger partial charge < -0.3 is 20.7 Å². The van der Waals surface area contributed by atoms with Crippen LogP contribution in [0.3, 0.4) is 0 Å². The second-order valence-corrected chi connectivity index (χ2v) is 13.1. The smallest absolute Gasteiger partial charge is 0.426 e. The molecule has 0 bridgehead atoms. The molecule has 2 heterocycles. The molecule has 0 radical (unpaired) electrons. The second-order valence-electron chi connectivity index (χ2n) is 10.7. The molecule has 0 saturated carbocycles. The van der Waals surface area contributed by atoms with Crippen LogP contribution in [0.15, 0.2) is 82.3 Å². The Hall–Kier alpha value is -4.58. The first-order valence-corrected chi connectivity index (χ1v) is 16.1. The third-order valence-corrected chi connectivity index (χ3v) is 8.90. The summed E-state index contributed by atoms with van der Waals surface area (Å²) in [4.78, 5) is 54.9. The van der Waals surface area contributed by atoms with E-state index in [-0.39, 0.29) is 43.5 Å². The molecule has 2 atom stereocenters. The van der Waals surface area contributed by atoms with Crippen LogP contribution in [0.2, 0.25) is 0 Å². The van der Waals surface area contributed by atoms with Crippen molar-refractivity contribution in [1.29, 1.82) is 0 Å². The predicted molar refractivity (Wildman–Crippen MR) is 176 cm³/mol. The number of aromatic nitrogens is 2. The first-order valence-electron chi connectivity index (χ1n) is 14.4. The first-order chi connectivity index (χ1) is 22.7. The number of rotatable bonds is 13. The summed E-state index contributed by atoms with van der Waals surface area (Å²) in [6.45, 7) is 5.13. The number of hydrogen-bond acceptors (Lipinski definition) is 11. The van der Waals surface area contributed by atoms with Gasteiger partial charge in [0.05, 0.1) is 21.9 Å². The molecular weight excluding hydrogens is 667 g/mol. The van der Waals surface area contributed by atoms with Crippen LogP contribution in [0.1, 0.15) is 52.9 Å². The molecule has 0 aliphatic rings. The number of carbonyl (C=O) groups is 3. The number of ketones is 1. The van der Waals surface area contributed by atoms with Gasteiger partial charge >= 0.3 is 7.12 Å². The molecule has 4 aromatic rings. The SMILES string of the molecule is CC(=O)c1cc([N+](=O)[O-])c(Sc2ccc(F)cc2F)s1.CC(C)C[C@H](NC(=O)[C@H](Cc1ccccc1)NC(=O)c1cnccn1)B(O)O. The minimum absolute atomic E-state index is 0.0615. The number of halogens is 2. The molecule has 0 aliphatic heterocycles. The summed E-state index contributed by atoms with van der Waals surface area (Å²) in [6, 6.07) is 12.5. The van der Waals surface area contributed by atoms with Crippen molar-refractivity contribution in [2.75, 3.05) is 0 Å². The van der Waals surface area contributed by atoms with E-state index in [9.17, 15) is 43.3 Å². The summed E-state index contributed by atoms with van der Waals surface area (Å²) in [6.07, 6.45) is 4.78. The van der Waals surface area contributed by atoms with Crippen LogP contribution in [0.25, 0.3) is 0 Å². The summed E-state index contributed by atoms with van der Waals surface area (Å²) in [5.41, 5.74) is 0.690. The average Bonchev–Trinajstić information content (AvgIpc) is 3.47. The molecule has 0 fully saturated rings. The molecule has 4 N–H and O–H groups in total. The summed E-state index contributed by atoms with van der Waals surface area (Å²) < 4.78 is 26.5. The Kier molecular flexibility index (Phi) is 14.3. The number of benzene rings is 2. The summed E-state index contributed by atoms with van der Waals surface area (Å²) in [7, 11) is -1.69. The third kappa shape index (κ3) is 11.6. The van der Waals surface area contributed by atoms with Crippen molar-refractivity contribution in [2.45, 2.75) is 54.7 Å². The summed E-state index contributed by atoms with van der Waals surface area (Å²) in [5.74, 6) is -3.55. The third-order valence-electron chi connectivity index (χ3n) is 6.43. The summed E-state index contributed by atoms with van der Waals surface area (Å²) >= 11 is 1.71. The molecule has 0 aliphatic carbocycles. The van der Waals surface area contributed by atoms with E-state index < -0.39 is 47.5 Å². The van der Waals surface area contributed by atoms with Crippen LogP contribution in [0.5, 0.6) is 0 Å². The van der Waals surface area contributed by atoms with Crippen molar-refractivity contribution in [2.24, 2.45) is 5.92 Å². The molecule has 252 valence electrons. The Bertz CT molecular complexity index is 1720. The molecule has 4 rings (SSSR count). The number of Topliss-reactive ketones (excluding diaryl/α,β-unsaturated/α-hetero) is 1. The Morgan fingerprint density at radius 2 is 1.77 bits per heavy atom. The minimum Gasteiger partial charge on any atom is -0.426 e. The van der Waals surface area contributed by atoms with Gasteiger partial charge in [-0.2, -0.15) is 0 Å². The lowest BCUT2D eigenvalue weighted by Gasteiger charge is -2.24. The van der Waals surface area contributed by atoms with Crippen LogP contribution in [-0.2, 0) is 11.2 Å². The van der Waals surface area contributed by atoms with Gasteiger partial charge in [0.15, 0.2) is 5.78 Å². The van der Waals surface area contributed by atoms with Gasteiger partial charge in [-0.05, 0) is 37.0 Å². The summed E-state index contributed by atoms with van der Waals surface area (Å²) in [5, 5.41) is 35.4. The highest BCUT2D eigenvalue weighted by Crippen LogP contribution is 2.42. The number of nitrogens with zero attached hydrogens (tertiary/aromatic N) is 3. The Morgan fingerprint density at radius 1 is 1.06 bits per heavy atom. The average molecular weight is 700 g/mol. The van der Waals surface area contributed by atoms with Crippen molar-refractivity contribution in [3.05, 3.63) is 111 Å². The van der Waals surface area contributed by atoms with Gasteiger partial charge in [0.1, 0.15) is 27.6 Å². The lowest BCUT2D eigenvalue weighted by Crippen LogP contribution is -2.55. The van der Waals surface area contributed by atoms with E-state index in [1.165, 1.54) is 31.6 Å². The van der Waals surface area contributed by atoms with Crippen molar-refractivity contribution >= 4 is 53.5 Å². The van der Waals surface area contributed by atoms with Gasteiger partial charge in [0.2, 0.25) is 5.91 Å². The Morgan fingerprint density at radius 3 is 2.33 bits per heavy atom. The minimum atomic E-state index is -1.69. The van der Waals surface area contributed by atoms with Crippen molar-refractivity contribution in [3.8, 4) is 0 Å². The number of thiophene rings is 1. The number of nitro groups is 1. The van der Waals surface area contributed by atoms with Crippen LogP contribution >= 0.6 is 23.1 Å². The molecule has 2 amide bonds. The Balaban J connectivity index is 0.000000275. The molecule has 12 nitrogen and oxygen atoms in total. The molecule has 48 heavy (non-hydrogen) atoms. The number of carbonyl (C=O) groups excluding carboxylic acids is 3. The number of nitrogens with one attached hydrogen (secondary N) is 2. The van der Waals surface area contributed by atoms with Gasteiger partial charge in [-0.3, -0.25) is 29.5 Å². The lowest BCUT2D eigenvalue weighted by molar-refractivity contribution is -0.387. The zero-order chi connectivity index (χ0) is 35.4. The van der Waals surface area contributed by atoms with E-state index in [0.29, 0.717) is 12.5 Å². The van der Waals surface area contributed by atoms with E-state index >= 15 is 0 Å². The molecule has 0 saturated heterocycles. The molecule has 17 heteroatoms. The van der Waals surface area contributed by atoms with E-state index in [1.54, 1.807) is 0 Å². The maximum atomic E-state index is 13.5. The highest BCUT2D eigenvalue weighted by molar-refractivity contribution is 8.01. The quantitative estimate of drug-likeness (QED) is 0.0663. The molecule has 0 unspecified atom stereocenters. The van der Waals surface area contributed by atoms with Crippen molar-refractivity contribution in [1.82, 2.24) is 20.6 Å². The number of hydrogen-bond donors (Lipinski definition) is 4. The largest absolute Gasteiger partial charge is 0.475 e. The van der Waals surface area contributed by atoms with Gasteiger partial charge in [0, 0.05) is 35.8 Å². The zero-order valence-electron chi connectivity index (χ0n) is 26.0. The molecular formula is C31H32BF2N5O7S2. The van der Waals surface area contributed by atoms with E-state index in [1.807, 2.05) is 44.2 Å². The molecule has 0 spiro atoms.